The van der Waals surface area contributed by atoms with Gasteiger partial charge in [0.2, 0.25) is 5.91 Å². The van der Waals surface area contributed by atoms with Crippen LogP contribution in [0, 0.1) is 0 Å². The fourth-order valence-electron chi connectivity index (χ4n) is 3.28. The van der Waals surface area contributed by atoms with Gasteiger partial charge in [-0.25, -0.2) is 8.42 Å². The SMILES string of the molecule is O=C(Nc1ccccc1Cl)C1Cc2ccccc2CN1S(=O)(=O)c1cccs1. The molecule has 0 bridgehead atoms. The first-order valence-corrected chi connectivity index (χ1v) is 11.3. The molecule has 0 aliphatic carbocycles. The Bertz CT molecular complexity index is 1110. The summed E-state index contributed by atoms with van der Waals surface area (Å²) < 4.78 is 28.0. The van der Waals surface area contributed by atoms with Gasteiger partial charge in [0.25, 0.3) is 10.0 Å². The van der Waals surface area contributed by atoms with E-state index in [1.54, 1.807) is 41.8 Å². The lowest BCUT2D eigenvalue weighted by Crippen LogP contribution is -2.50. The molecule has 1 amide bonds. The molecule has 28 heavy (non-hydrogen) atoms. The molecule has 0 fully saturated rings. The number of amides is 1. The molecule has 2 heterocycles. The predicted molar refractivity (Wildman–Crippen MR) is 111 cm³/mol. The van der Waals surface area contributed by atoms with Crippen LogP contribution >= 0.6 is 22.9 Å². The minimum absolute atomic E-state index is 0.150. The fourth-order valence-corrected chi connectivity index (χ4v) is 6.15. The van der Waals surface area contributed by atoms with Crippen LogP contribution in [-0.4, -0.2) is 24.7 Å². The summed E-state index contributed by atoms with van der Waals surface area (Å²) >= 11 is 7.29. The molecule has 1 aromatic heterocycles. The van der Waals surface area contributed by atoms with Crippen molar-refractivity contribution in [2.75, 3.05) is 5.32 Å². The molecule has 1 aliphatic heterocycles. The number of hydrogen-bond acceptors (Lipinski definition) is 4. The summed E-state index contributed by atoms with van der Waals surface area (Å²) in [5.41, 5.74) is 2.34. The van der Waals surface area contributed by atoms with E-state index in [1.807, 2.05) is 24.3 Å². The molecular weight excluding hydrogens is 416 g/mol. The van der Waals surface area contributed by atoms with Crippen molar-refractivity contribution >= 4 is 44.6 Å². The van der Waals surface area contributed by atoms with Crippen LogP contribution in [0.4, 0.5) is 5.69 Å². The van der Waals surface area contributed by atoms with Gasteiger partial charge in [0, 0.05) is 6.54 Å². The Balaban J connectivity index is 1.72. The molecule has 0 radical (unpaired) electrons. The average Bonchev–Trinajstić information content (AvgIpc) is 3.24. The van der Waals surface area contributed by atoms with Gasteiger partial charge in [0.05, 0.1) is 10.7 Å². The normalized spacial score (nSPS) is 17.1. The highest BCUT2D eigenvalue weighted by molar-refractivity contribution is 7.91. The summed E-state index contributed by atoms with van der Waals surface area (Å²) in [6, 6.07) is 16.9. The van der Waals surface area contributed by atoms with E-state index in [1.165, 1.54) is 4.31 Å². The molecule has 0 saturated carbocycles. The Morgan fingerprint density at radius 2 is 1.75 bits per heavy atom. The maximum Gasteiger partial charge on any atom is 0.253 e. The first-order valence-electron chi connectivity index (χ1n) is 8.64. The molecule has 1 atom stereocenters. The second-order valence-electron chi connectivity index (χ2n) is 6.44. The topological polar surface area (TPSA) is 66.5 Å². The molecule has 8 heteroatoms. The third kappa shape index (κ3) is 3.58. The van der Waals surface area contributed by atoms with Gasteiger partial charge >= 0.3 is 0 Å². The maximum absolute atomic E-state index is 13.2. The van der Waals surface area contributed by atoms with Crippen LogP contribution in [0.2, 0.25) is 5.02 Å². The van der Waals surface area contributed by atoms with Crippen molar-refractivity contribution in [2.24, 2.45) is 0 Å². The number of thiophene rings is 1. The zero-order chi connectivity index (χ0) is 19.7. The average molecular weight is 433 g/mol. The number of fused-ring (bicyclic) bond motifs is 1. The predicted octanol–water partition coefficient (Wildman–Crippen LogP) is 4.16. The third-order valence-corrected chi connectivity index (χ3v) is 8.26. The second kappa shape index (κ2) is 7.67. The lowest BCUT2D eigenvalue weighted by atomic mass is 9.95. The zero-order valence-corrected chi connectivity index (χ0v) is 17.1. The van der Waals surface area contributed by atoms with Crippen molar-refractivity contribution < 1.29 is 13.2 Å². The van der Waals surface area contributed by atoms with Crippen molar-refractivity contribution in [3.05, 3.63) is 82.2 Å². The highest BCUT2D eigenvalue weighted by Crippen LogP contribution is 2.32. The van der Waals surface area contributed by atoms with Crippen LogP contribution in [0.1, 0.15) is 11.1 Å². The van der Waals surface area contributed by atoms with Crippen LogP contribution in [-0.2, 0) is 27.8 Å². The van der Waals surface area contributed by atoms with Gasteiger partial charge in [0.1, 0.15) is 10.3 Å². The minimum atomic E-state index is -3.80. The Hall–Kier alpha value is -2.19. The van der Waals surface area contributed by atoms with Gasteiger partial charge < -0.3 is 5.32 Å². The van der Waals surface area contributed by atoms with E-state index in [9.17, 15) is 13.2 Å². The van der Waals surface area contributed by atoms with E-state index in [-0.39, 0.29) is 10.8 Å². The highest BCUT2D eigenvalue weighted by Gasteiger charge is 2.40. The third-order valence-electron chi connectivity index (χ3n) is 4.70. The lowest BCUT2D eigenvalue weighted by Gasteiger charge is -2.34. The minimum Gasteiger partial charge on any atom is -0.323 e. The van der Waals surface area contributed by atoms with E-state index in [0.717, 1.165) is 22.5 Å². The molecule has 1 N–H and O–H groups in total. The van der Waals surface area contributed by atoms with Crippen LogP contribution in [0.15, 0.2) is 70.3 Å². The number of carbonyl (C=O) groups excluding carboxylic acids is 1. The number of nitrogens with zero attached hydrogens (tertiary/aromatic N) is 1. The standard InChI is InChI=1S/C20H17ClN2O3S2/c21-16-8-3-4-9-17(16)22-20(24)18-12-14-6-1-2-7-15(14)13-23(18)28(25,26)19-10-5-11-27-19/h1-11,18H,12-13H2,(H,22,24). The fraction of sp³-hybridized carbons (Fsp3) is 0.150. The van der Waals surface area contributed by atoms with Crippen LogP contribution in [0.25, 0.3) is 0 Å². The Kier molecular flexibility index (Phi) is 5.25. The van der Waals surface area contributed by atoms with Crippen LogP contribution in [0.3, 0.4) is 0 Å². The maximum atomic E-state index is 13.2. The van der Waals surface area contributed by atoms with Crippen molar-refractivity contribution in [1.82, 2.24) is 4.31 Å². The monoisotopic (exact) mass is 432 g/mol. The van der Waals surface area contributed by atoms with E-state index in [0.29, 0.717) is 17.1 Å². The highest BCUT2D eigenvalue weighted by atomic mass is 35.5. The molecule has 2 aromatic carbocycles. The summed E-state index contributed by atoms with van der Waals surface area (Å²) in [5.74, 6) is -0.400. The van der Waals surface area contributed by atoms with Gasteiger partial charge in [0.15, 0.2) is 0 Å². The summed E-state index contributed by atoms with van der Waals surface area (Å²) in [5, 5.41) is 4.90. The first-order chi connectivity index (χ1) is 13.5. The number of carbonyl (C=O) groups is 1. The zero-order valence-electron chi connectivity index (χ0n) is 14.7. The van der Waals surface area contributed by atoms with E-state index >= 15 is 0 Å². The van der Waals surface area contributed by atoms with Gasteiger partial charge in [-0.15, -0.1) is 11.3 Å². The number of sulfonamides is 1. The number of benzene rings is 2. The first kappa shape index (κ1) is 19.1. The molecule has 0 spiro atoms. The number of halogens is 1. The Labute approximate surface area is 172 Å². The lowest BCUT2D eigenvalue weighted by molar-refractivity contribution is -0.120. The number of para-hydroxylation sites is 1. The van der Waals surface area contributed by atoms with Crippen LogP contribution in [0.5, 0.6) is 0 Å². The van der Waals surface area contributed by atoms with Crippen LogP contribution < -0.4 is 5.32 Å². The summed E-state index contributed by atoms with van der Waals surface area (Å²) in [6.45, 7) is 0.150. The van der Waals surface area contributed by atoms with E-state index in [2.05, 4.69) is 5.32 Å². The second-order valence-corrected chi connectivity index (χ2v) is 9.91. The summed E-state index contributed by atoms with van der Waals surface area (Å²) in [6.07, 6.45) is 0.303. The Morgan fingerprint density at radius 1 is 1.04 bits per heavy atom. The molecule has 3 aromatic rings. The summed E-state index contributed by atoms with van der Waals surface area (Å²) in [4.78, 5) is 13.1. The molecule has 144 valence electrons. The number of hydrogen-bond donors (Lipinski definition) is 1. The summed E-state index contributed by atoms with van der Waals surface area (Å²) in [7, 11) is -3.80. The molecule has 0 saturated heterocycles. The number of rotatable bonds is 4. The quantitative estimate of drug-likeness (QED) is 0.673. The molecule has 4 rings (SSSR count). The largest absolute Gasteiger partial charge is 0.323 e. The van der Waals surface area contributed by atoms with Crippen molar-refractivity contribution in [3.63, 3.8) is 0 Å². The van der Waals surface area contributed by atoms with Gasteiger partial charge in [-0.1, -0.05) is 54.1 Å². The van der Waals surface area contributed by atoms with Gasteiger partial charge in [-0.3, -0.25) is 4.79 Å². The van der Waals surface area contributed by atoms with Gasteiger partial charge in [-0.05, 0) is 41.1 Å². The van der Waals surface area contributed by atoms with Crippen molar-refractivity contribution in [2.45, 2.75) is 23.2 Å². The van der Waals surface area contributed by atoms with E-state index < -0.39 is 22.0 Å². The van der Waals surface area contributed by atoms with Gasteiger partial charge in [-0.2, -0.15) is 4.31 Å². The van der Waals surface area contributed by atoms with E-state index in [4.69, 9.17) is 11.6 Å². The number of anilines is 1. The number of nitrogens with one attached hydrogen (secondary N) is 1. The molecule has 5 nitrogen and oxygen atoms in total. The molecule has 1 unspecified atom stereocenters. The Morgan fingerprint density at radius 3 is 2.46 bits per heavy atom. The molecular formula is C20H17ClN2O3S2. The van der Waals surface area contributed by atoms with Crippen molar-refractivity contribution in [1.29, 1.82) is 0 Å². The smallest absolute Gasteiger partial charge is 0.253 e. The molecule has 1 aliphatic rings. The van der Waals surface area contributed by atoms with Crippen molar-refractivity contribution in [3.8, 4) is 0 Å².